The highest BCUT2D eigenvalue weighted by Crippen LogP contribution is 2.36. The van der Waals surface area contributed by atoms with Gasteiger partial charge in [-0.3, -0.25) is 4.79 Å². The molecular formula is C29H31NO4. The maximum absolute atomic E-state index is 12.6. The normalized spacial score (nSPS) is 15.2. The molecule has 0 spiro atoms. The number of carbonyl (C=O) groups is 2. The Bertz CT molecular complexity index is 1130. The van der Waals surface area contributed by atoms with Gasteiger partial charge in [0.1, 0.15) is 6.61 Å². The molecule has 0 saturated heterocycles. The molecule has 0 fully saturated rings. The molecule has 0 saturated carbocycles. The van der Waals surface area contributed by atoms with Gasteiger partial charge in [0.25, 0.3) is 5.91 Å². The Morgan fingerprint density at radius 1 is 1.03 bits per heavy atom. The molecule has 2 N–H and O–H groups in total. The Labute approximate surface area is 200 Å². The van der Waals surface area contributed by atoms with Gasteiger partial charge in [0, 0.05) is 17.7 Å². The predicted octanol–water partition coefficient (Wildman–Crippen LogP) is 5.34. The van der Waals surface area contributed by atoms with E-state index in [0.29, 0.717) is 24.1 Å². The van der Waals surface area contributed by atoms with Crippen LogP contribution in [0.2, 0.25) is 0 Å². The van der Waals surface area contributed by atoms with Crippen molar-refractivity contribution in [3.63, 3.8) is 0 Å². The van der Waals surface area contributed by atoms with Crippen LogP contribution >= 0.6 is 0 Å². The van der Waals surface area contributed by atoms with Crippen molar-refractivity contribution in [1.29, 1.82) is 0 Å². The van der Waals surface area contributed by atoms with Gasteiger partial charge in [0.15, 0.2) is 0 Å². The zero-order chi connectivity index (χ0) is 24.0. The highest BCUT2D eigenvalue weighted by atomic mass is 16.5. The molecule has 2 atom stereocenters. The van der Waals surface area contributed by atoms with Gasteiger partial charge in [-0.15, -0.1) is 0 Å². The van der Waals surface area contributed by atoms with Crippen LogP contribution in [0.3, 0.4) is 0 Å². The summed E-state index contributed by atoms with van der Waals surface area (Å²) in [7, 11) is 0. The van der Waals surface area contributed by atoms with Crippen LogP contribution in [-0.2, 0) is 16.8 Å². The van der Waals surface area contributed by atoms with Crippen LogP contribution in [0, 0.1) is 0 Å². The monoisotopic (exact) mass is 457 g/mol. The summed E-state index contributed by atoms with van der Waals surface area (Å²) >= 11 is 0. The first kappa shape index (κ1) is 23.7. The van der Waals surface area contributed by atoms with Gasteiger partial charge in [0.05, 0.1) is 11.7 Å². The molecule has 4 rings (SSSR count). The summed E-state index contributed by atoms with van der Waals surface area (Å²) in [6.07, 6.45) is 2.65. The third kappa shape index (κ3) is 5.54. The van der Waals surface area contributed by atoms with Crippen LogP contribution in [0.15, 0.2) is 78.9 Å². The number of nitrogens with one attached hydrogen (secondary N) is 1. The van der Waals surface area contributed by atoms with Crippen LogP contribution in [0.5, 0.6) is 0 Å². The number of benzene rings is 3. The fourth-order valence-corrected chi connectivity index (χ4v) is 4.59. The molecule has 3 aromatic rings. The molecule has 0 unspecified atom stereocenters. The Balaban J connectivity index is 1.35. The first-order valence-electron chi connectivity index (χ1n) is 11.8. The number of aliphatic hydroxyl groups excluding tert-OH is 1. The molecular weight excluding hydrogens is 426 g/mol. The number of hydrogen-bond donors (Lipinski definition) is 2. The van der Waals surface area contributed by atoms with Crippen molar-refractivity contribution >= 4 is 11.9 Å². The highest BCUT2D eigenvalue weighted by molar-refractivity contribution is 5.99. The van der Waals surface area contributed by atoms with Gasteiger partial charge >= 0.3 is 5.97 Å². The molecule has 0 aromatic heterocycles. The van der Waals surface area contributed by atoms with E-state index in [2.05, 4.69) is 24.4 Å². The van der Waals surface area contributed by atoms with Gasteiger partial charge in [-0.2, -0.15) is 0 Å². The topological polar surface area (TPSA) is 75.6 Å². The smallest absolute Gasteiger partial charge is 0.338 e. The van der Waals surface area contributed by atoms with Gasteiger partial charge in [-0.1, -0.05) is 73.7 Å². The lowest BCUT2D eigenvalue weighted by molar-refractivity contribution is 0.0535. The summed E-state index contributed by atoms with van der Waals surface area (Å²) in [5, 5.41) is 13.7. The average molecular weight is 458 g/mol. The summed E-state index contributed by atoms with van der Waals surface area (Å²) in [6, 6.07) is 25.2. The molecule has 34 heavy (non-hydrogen) atoms. The van der Waals surface area contributed by atoms with Crippen molar-refractivity contribution in [3.8, 4) is 0 Å². The van der Waals surface area contributed by atoms with Crippen molar-refractivity contribution in [2.24, 2.45) is 0 Å². The van der Waals surface area contributed by atoms with Gasteiger partial charge in [-0.05, 0) is 54.4 Å². The molecule has 0 radical (unpaired) electrons. The third-order valence-electron chi connectivity index (χ3n) is 6.77. The fraction of sp³-hybridized carbons (Fsp3) is 0.310. The Morgan fingerprint density at radius 2 is 1.74 bits per heavy atom. The number of esters is 1. The second kappa shape index (κ2) is 10.7. The molecule has 1 aliphatic rings. The van der Waals surface area contributed by atoms with E-state index >= 15 is 0 Å². The summed E-state index contributed by atoms with van der Waals surface area (Å²) in [4.78, 5) is 24.4. The Hall–Kier alpha value is -3.44. The summed E-state index contributed by atoms with van der Waals surface area (Å²) in [5.74, 6) is -0.565. The van der Waals surface area contributed by atoms with Crippen molar-refractivity contribution < 1.29 is 19.4 Å². The number of cyclic esters (lactones) is 1. The second-order valence-electron chi connectivity index (χ2n) is 9.20. The van der Waals surface area contributed by atoms with E-state index in [1.165, 1.54) is 5.56 Å². The molecule has 176 valence electrons. The van der Waals surface area contributed by atoms with E-state index in [0.717, 1.165) is 30.4 Å². The molecule has 0 aliphatic carbocycles. The summed E-state index contributed by atoms with van der Waals surface area (Å²) < 4.78 is 5.02. The van der Waals surface area contributed by atoms with Crippen LogP contribution in [-0.4, -0.2) is 23.5 Å². The van der Waals surface area contributed by atoms with E-state index in [1.807, 2.05) is 48.5 Å². The van der Waals surface area contributed by atoms with E-state index < -0.39 is 6.10 Å². The van der Waals surface area contributed by atoms with Crippen LogP contribution in [0.25, 0.3) is 0 Å². The molecule has 5 heteroatoms. The number of rotatable bonds is 10. The van der Waals surface area contributed by atoms with Crippen molar-refractivity contribution in [3.05, 3.63) is 107 Å². The van der Waals surface area contributed by atoms with Crippen molar-refractivity contribution in [2.45, 2.75) is 50.7 Å². The van der Waals surface area contributed by atoms with Crippen LogP contribution in [0.1, 0.15) is 76.1 Å². The highest BCUT2D eigenvalue weighted by Gasteiger charge is 2.27. The standard InChI is InChI=1S/C29H31NO4/c1-29(24-11-6-3-7-12-24,17-15-26(31)21-9-4-2-5-10-21)16-8-18-30-27(32)22-13-14-23-20-34-28(33)25(23)19-22/h2-7,9-14,19,26,31H,8,15-18,20H2,1H3,(H,30,32)/t26-,29+/m0/s1. The zero-order valence-electron chi connectivity index (χ0n) is 19.5. The number of amides is 1. The van der Waals surface area contributed by atoms with Crippen molar-refractivity contribution in [2.75, 3.05) is 6.54 Å². The number of fused-ring (bicyclic) bond motifs is 1. The van der Waals surface area contributed by atoms with Gasteiger partial charge < -0.3 is 15.2 Å². The van der Waals surface area contributed by atoms with Crippen LogP contribution in [0.4, 0.5) is 0 Å². The minimum absolute atomic E-state index is 0.126. The Morgan fingerprint density at radius 3 is 2.47 bits per heavy atom. The maximum atomic E-state index is 12.6. The largest absolute Gasteiger partial charge is 0.457 e. The quantitative estimate of drug-likeness (QED) is 0.318. The SMILES string of the molecule is C[C@@](CCCNC(=O)c1ccc2c(c1)C(=O)OC2)(CC[C@H](O)c1ccccc1)c1ccccc1. The number of hydrogen-bond acceptors (Lipinski definition) is 4. The van der Waals surface area contributed by atoms with Gasteiger partial charge in [-0.25, -0.2) is 4.79 Å². The first-order chi connectivity index (χ1) is 16.5. The van der Waals surface area contributed by atoms with E-state index in [1.54, 1.807) is 18.2 Å². The van der Waals surface area contributed by atoms with E-state index in [-0.39, 0.29) is 23.9 Å². The lowest BCUT2D eigenvalue weighted by Crippen LogP contribution is -2.28. The Kier molecular flexibility index (Phi) is 7.43. The number of carbonyl (C=O) groups excluding carboxylic acids is 2. The maximum Gasteiger partial charge on any atom is 0.338 e. The number of ether oxygens (including phenoxy) is 1. The van der Waals surface area contributed by atoms with Gasteiger partial charge in [0.2, 0.25) is 0 Å². The lowest BCUT2D eigenvalue weighted by atomic mass is 9.74. The third-order valence-corrected chi connectivity index (χ3v) is 6.77. The zero-order valence-corrected chi connectivity index (χ0v) is 19.5. The first-order valence-corrected chi connectivity index (χ1v) is 11.8. The number of aliphatic hydroxyl groups is 1. The molecule has 0 bridgehead atoms. The molecule has 1 heterocycles. The second-order valence-corrected chi connectivity index (χ2v) is 9.20. The minimum Gasteiger partial charge on any atom is -0.457 e. The molecule has 3 aromatic carbocycles. The minimum atomic E-state index is -0.504. The summed E-state index contributed by atoms with van der Waals surface area (Å²) in [6.45, 7) is 3.03. The summed E-state index contributed by atoms with van der Waals surface area (Å²) in [5.41, 5.74) is 3.80. The average Bonchev–Trinajstić information content (AvgIpc) is 3.26. The molecule has 1 amide bonds. The fourth-order valence-electron chi connectivity index (χ4n) is 4.59. The van der Waals surface area contributed by atoms with Crippen LogP contribution < -0.4 is 5.32 Å². The van der Waals surface area contributed by atoms with Crippen molar-refractivity contribution in [1.82, 2.24) is 5.32 Å². The van der Waals surface area contributed by atoms with E-state index in [9.17, 15) is 14.7 Å². The van der Waals surface area contributed by atoms with E-state index in [4.69, 9.17) is 4.74 Å². The molecule has 5 nitrogen and oxygen atoms in total. The lowest BCUT2D eigenvalue weighted by Gasteiger charge is -2.31. The predicted molar refractivity (Wildman–Crippen MR) is 132 cm³/mol. The molecule has 1 aliphatic heterocycles.